The second kappa shape index (κ2) is 10.4. The number of ether oxygens (including phenoxy) is 1. The summed E-state index contributed by atoms with van der Waals surface area (Å²) in [7, 11) is 0. The maximum atomic E-state index is 6.66. The van der Waals surface area contributed by atoms with Crippen LogP contribution in [0.3, 0.4) is 0 Å². The number of aromatic nitrogens is 1. The van der Waals surface area contributed by atoms with E-state index in [1.165, 1.54) is 59.4 Å². The van der Waals surface area contributed by atoms with Gasteiger partial charge in [0.1, 0.15) is 11.5 Å². The normalized spacial score (nSPS) is 13.1. The fourth-order valence-electron chi connectivity index (χ4n) is 7.44. The van der Waals surface area contributed by atoms with Crippen molar-refractivity contribution in [2.45, 2.75) is 9.79 Å². The fraction of sp³-hybridized carbons (Fsp3) is 0. The fourth-order valence-corrected chi connectivity index (χ4v) is 8.52. The van der Waals surface area contributed by atoms with Crippen molar-refractivity contribution in [3.63, 3.8) is 0 Å². The molecule has 0 aliphatic carbocycles. The van der Waals surface area contributed by atoms with Crippen LogP contribution in [0.25, 0.3) is 27.5 Å². The smallest absolute Gasteiger partial charge is 0.250 e. The highest BCUT2D eigenvalue weighted by Crippen LogP contribution is 2.53. The summed E-state index contributed by atoms with van der Waals surface area (Å²) in [5.74, 6) is 1.82. The van der Waals surface area contributed by atoms with E-state index in [9.17, 15) is 0 Å². The van der Waals surface area contributed by atoms with Gasteiger partial charge in [-0.3, -0.25) is 0 Å². The molecule has 7 aromatic carbocycles. The molecule has 10 rings (SSSR count). The van der Waals surface area contributed by atoms with E-state index < -0.39 is 0 Å². The van der Waals surface area contributed by atoms with Crippen LogP contribution in [0.15, 0.2) is 174 Å². The van der Waals surface area contributed by atoms with Gasteiger partial charge in [-0.05, 0) is 65.5 Å². The summed E-state index contributed by atoms with van der Waals surface area (Å²) >= 11 is 1.84. The molecule has 3 heterocycles. The Kier molecular flexibility index (Phi) is 5.90. The van der Waals surface area contributed by atoms with Crippen molar-refractivity contribution < 1.29 is 4.74 Å². The predicted octanol–water partition coefficient (Wildman–Crippen LogP) is 9.34. The van der Waals surface area contributed by atoms with Crippen LogP contribution in [0.1, 0.15) is 0 Å². The molecule has 0 atom stereocenters. The molecular weight excluding hydrogens is 591 g/mol. The second-order valence-corrected chi connectivity index (χ2v) is 13.2. The van der Waals surface area contributed by atoms with Crippen molar-refractivity contribution in [2.24, 2.45) is 0 Å². The lowest BCUT2D eigenvalue weighted by Crippen LogP contribution is -2.54. The molecule has 0 amide bonds. The van der Waals surface area contributed by atoms with Crippen molar-refractivity contribution in [1.29, 1.82) is 0 Å². The Hall–Kier alpha value is -5.65. The molecule has 220 valence electrons. The van der Waals surface area contributed by atoms with Crippen LogP contribution < -0.4 is 26.0 Å². The first-order valence-electron chi connectivity index (χ1n) is 16.0. The first-order valence-corrected chi connectivity index (χ1v) is 16.8. The van der Waals surface area contributed by atoms with Gasteiger partial charge < -0.3 is 14.2 Å². The van der Waals surface area contributed by atoms with Crippen LogP contribution >= 0.6 is 11.8 Å². The molecule has 0 fully saturated rings. The van der Waals surface area contributed by atoms with Crippen LogP contribution in [0.4, 0.5) is 17.1 Å². The van der Waals surface area contributed by atoms with Crippen molar-refractivity contribution in [3.05, 3.63) is 164 Å². The summed E-state index contributed by atoms with van der Waals surface area (Å²) < 4.78 is 9.06. The number of hydrogen-bond acceptors (Lipinski definition) is 3. The summed E-state index contributed by atoms with van der Waals surface area (Å²) in [6.07, 6.45) is 0. The molecule has 1 aromatic heterocycles. The summed E-state index contributed by atoms with van der Waals surface area (Å²) in [5.41, 5.74) is 10.7. The highest BCUT2D eigenvalue weighted by Gasteiger charge is 2.33. The summed E-state index contributed by atoms with van der Waals surface area (Å²) in [5, 5.41) is 2.46. The maximum absolute atomic E-state index is 6.66. The zero-order chi connectivity index (χ0) is 30.9. The molecule has 0 saturated heterocycles. The van der Waals surface area contributed by atoms with Crippen LogP contribution in [-0.2, 0) is 0 Å². The van der Waals surface area contributed by atoms with Gasteiger partial charge in [0.15, 0.2) is 0 Å². The van der Waals surface area contributed by atoms with Crippen molar-refractivity contribution in [2.75, 3.05) is 4.90 Å². The molecule has 3 nitrogen and oxygen atoms in total. The van der Waals surface area contributed by atoms with E-state index in [1.807, 2.05) is 11.8 Å². The Balaban J connectivity index is 1.19. The Labute approximate surface area is 277 Å². The van der Waals surface area contributed by atoms with Crippen LogP contribution in [-0.4, -0.2) is 11.3 Å². The summed E-state index contributed by atoms with van der Waals surface area (Å²) in [6.45, 7) is 0.107. The van der Waals surface area contributed by atoms with Gasteiger partial charge >= 0.3 is 0 Å². The monoisotopic (exact) mass is 618 g/mol. The van der Waals surface area contributed by atoms with E-state index >= 15 is 0 Å². The molecule has 0 spiro atoms. The third kappa shape index (κ3) is 4.10. The number of fused-ring (bicyclic) bond motifs is 7. The lowest BCUT2D eigenvalue weighted by molar-refractivity contribution is 0.487. The number of anilines is 3. The Morgan fingerprint density at radius 2 is 1.19 bits per heavy atom. The van der Waals surface area contributed by atoms with Gasteiger partial charge in [-0.25, -0.2) is 0 Å². The van der Waals surface area contributed by atoms with Gasteiger partial charge in [0, 0.05) is 38.0 Å². The molecule has 0 radical (unpaired) electrons. The van der Waals surface area contributed by atoms with E-state index in [1.54, 1.807) is 0 Å². The highest BCUT2D eigenvalue weighted by atomic mass is 32.2. The lowest BCUT2D eigenvalue weighted by atomic mass is 9.36. The third-order valence-electron chi connectivity index (χ3n) is 9.48. The van der Waals surface area contributed by atoms with Crippen molar-refractivity contribution >= 4 is 73.7 Å². The molecule has 8 aromatic rings. The van der Waals surface area contributed by atoms with E-state index in [0.717, 1.165) is 22.9 Å². The second-order valence-electron chi connectivity index (χ2n) is 12.1. The number of nitrogens with zero attached hydrogens (tertiary/aromatic N) is 2. The van der Waals surface area contributed by atoms with E-state index in [4.69, 9.17) is 4.74 Å². The minimum absolute atomic E-state index is 0.107. The van der Waals surface area contributed by atoms with Gasteiger partial charge in [-0.2, -0.15) is 0 Å². The largest absolute Gasteiger partial charge is 0.458 e. The molecule has 0 unspecified atom stereocenters. The summed E-state index contributed by atoms with van der Waals surface area (Å²) in [4.78, 5) is 4.88. The van der Waals surface area contributed by atoms with Crippen LogP contribution in [0, 0.1) is 0 Å². The van der Waals surface area contributed by atoms with Crippen molar-refractivity contribution in [1.82, 2.24) is 4.57 Å². The number of hydrogen-bond donors (Lipinski definition) is 0. The average molecular weight is 619 g/mol. The molecule has 0 bridgehead atoms. The van der Waals surface area contributed by atoms with Gasteiger partial charge in [0.25, 0.3) is 6.71 Å². The lowest BCUT2D eigenvalue weighted by Gasteiger charge is -2.33. The third-order valence-corrected chi connectivity index (χ3v) is 10.6. The molecular formula is C42H27BN2OS. The molecule has 2 aliphatic rings. The van der Waals surface area contributed by atoms with E-state index in [2.05, 4.69) is 173 Å². The number of para-hydroxylation sites is 4. The minimum Gasteiger partial charge on any atom is -0.458 e. The molecule has 47 heavy (non-hydrogen) atoms. The van der Waals surface area contributed by atoms with Crippen LogP contribution in [0.5, 0.6) is 11.5 Å². The zero-order valence-electron chi connectivity index (χ0n) is 25.4. The van der Waals surface area contributed by atoms with Gasteiger partial charge in [0.2, 0.25) is 0 Å². The average Bonchev–Trinajstić information content (AvgIpc) is 3.45. The first kappa shape index (κ1) is 26.6. The standard InChI is InChI=1S/C42H27BN2OS/c1-3-13-28(14-4-1)43-33-18-8-11-21-39(33)46-40-25-30(23-24-34(40)43)45-35-19-9-7-17-31(35)32-26-38-42(27-37(32)45)47-41-22-12-10-20-36(41)44(38)29-15-5-2-6-16-29/h1-27H. The SMILES string of the molecule is c1ccc(B2c3ccccc3Oc3cc(-n4c5ccccc5c5cc6c(cc54)Sc4ccccc4N6c4ccccc4)ccc32)cc1. The molecule has 5 heteroatoms. The number of benzene rings is 7. The quantitative estimate of drug-likeness (QED) is 0.184. The van der Waals surface area contributed by atoms with Gasteiger partial charge in [-0.1, -0.05) is 120 Å². The Bertz CT molecular complexity index is 2490. The van der Waals surface area contributed by atoms with Gasteiger partial charge in [-0.15, -0.1) is 0 Å². The molecule has 0 N–H and O–H groups in total. The zero-order valence-corrected chi connectivity index (χ0v) is 26.2. The molecule has 0 saturated carbocycles. The topological polar surface area (TPSA) is 17.4 Å². The van der Waals surface area contributed by atoms with Crippen molar-refractivity contribution in [3.8, 4) is 17.2 Å². The number of rotatable bonds is 3. The first-order chi connectivity index (χ1) is 23.3. The molecule has 2 aliphatic heterocycles. The highest BCUT2D eigenvalue weighted by molar-refractivity contribution is 7.99. The predicted molar refractivity (Wildman–Crippen MR) is 197 cm³/mol. The Morgan fingerprint density at radius 1 is 0.468 bits per heavy atom. The van der Waals surface area contributed by atoms with Gasteiger partial charge in [0.05, 0.1) is 22.4 Å². The minimum atomic E-state index is 0.107. The Morgan fingerprint density at radius 3 is 2.09 bits per heavy atom. The van der Waals surface area contributed by atoms with E-state index in [0.29, 0.717) is 0 Å². The van der Waals surface area contributed by atoms with E-state index in [-0.39, 0.29) is 6.71 Å². The van der Waals surface area contributed by atoms with Crippen LogP contribution in [0.2, 0.25) is 0 Å². The maximum Gasteiger partial charge on any atom is 0.250 e. The summed E-state index contributed by atoms with van der Waals surface area (Å²) in [6, 6.07) is 58.8.